The first-order valence-corrected chi connectivity index (χ1v) is 12.8. The Balaban J connectivity index is 1.73. The van der Waals surface area contributed by atoms with E-state index in [9.17, 15) is 27.6 Å². The number of hydrogen-bond donors (Lipinski definition) is 2. The lowest BCUT2D eigenvalue weighted by atomic mass is 9.94. The zero-order chi connectivity index (χ0) is 26.3. The lowest BCUT2D eigenvalue weighted by Gasteiger charge is -2.25. The molecule has 1 saturated carbocycles. The second kappa shape index (κ2) is 9.81. The summed E-state index contributed by atoms with van der Waals surface area (Å²) in [7, 11) is 0. The molecule has 37 heavy (non-hydrogen) atoms. The highest BCUT2D eigenvalue weighted by molar-refractivity contribution is 9.10. The third-order valence-electron chi connectivity index (χ3n) is 6.82. The Morgan fingerprint density at radius 1 is 0.973 bits per heavy atom. The maximum absolute atomic E-state index is 14.0. The van der Waals surface area contributed by atoms with E-state index in [0.29, 0.717) is 11.3 Å². The first kappa shape index (κ1) is 25.3. The molecular formula is C27H23BrF3N3O3. The molecule has 0 atom stereocenters. The van der Waals surface area contributed by atoms with Crippen LogP contribution in [0.2, 0.25) is 0 Å². The molecule has 0 radical (unpaired) electrons. The van der Waals surface area contributed by atoms with Crippen molar-refractivity contribution in [2.75, 3.05) is 5.32 Å². The van der Waals surface area contributed by atoms with Gasteiger partial charge in [0, 0.05) is 21.8 Å². The Kier molecular flexibility index (Phi) is 6.70. The number of nitrogens with zero attached hydrogens (tertiary/aromatic N) is 1. The van der Waals surface area contributed by atoms with Gasteiger partial charge in [-0.25, -0.2) is 0 Å². The lowest BCUT2D eigenvalue weighted by molar-refractivity contribution is -0.137. The van der Waals surface area contributed by atoms with Crippen molar-refractivity contribution in [1.82, 2.24) is 9.88 Å². The van der Waals surface area contributed by atoms with Crippen LogP contribution in [0.5, 0.6) is 0 Å². The van der Waals surface area contributed by atoms with E-state index in [1.165, 1.54) is 16.7 Å². The molecule has 5 rings (SSSR count). The van der Waals surface area contributed by atoms with Gasteiger partial charge in [0.05, 0.1) is 23.2 Å². The van der Waals surface area contributed by atoms with Gasteiger partial charge in [-0.05, 0) is 54.8 Å². The summed E-state index contributed by atoms with van der Waals surface area (Å²) < 4.78 is 41.5. The van der Waals surface area contributed by atoms with E-state index in [4.69, 9.17) is 0 Å². The molecule has 1 aliphatic carbocycles. The number of halogens is 4. The first-order chi connectivity index (χ1) is 17.6. The fourth-order valence-electron chi connectivity index (χ4n) is 5.05. The average Bonchev–Trinajstić information content (AvgIpc) is 3.24. The number of carbonyl (C=O) groups excluding carboxylic acids is 2. The van der Waals surface area contributed by atoms with E-state index in [-0.39, 0.29) is 35.0 Å². The molecule has 1 aromatic heterocycles. The molecule has 3 aromatic rings. The number of benzene rings is 2. The van der Waals surface area contributed by atoms with E-state index in [1.54, 1.807) is 24.3 Å². The minimum absolute atomic E-state index is 0.00871. The second-order valence-corrected chi connectivity index (χ2v) is 10.2. The Hall–Kier alpha value is -3.40. The summed E-state index contributed by atoms with van der Waals surface area (Å²) in [5.74, 6) is -0.882. The molecule has 2 aromatic carbocycles. The lowest BCUT2D eigenvalue weighted by Crippen LogP contribution is -2.40. The fraction of sp³-hybridized carbons (Fsp3) is 0.296. The zero-order valence-corrected chi connectivity index (χ0v) is 21.2. The number of amides is 2. The summed E-state index contributed by atoms with van der Waals surface area (Å²) >= 11 is 3.37. The van der Waals surface area contributed by atoms with Crippen molar-refractivity contribution in [3.05, 3.63) is 80.2 Å². The predicted molar refractivity (Wildman–Crippen MR) is 137 cm³/mol. The maximum Gasteiger partial charge on any atom is 0.416 e. The number of alkyl halides is 3. The molecular weight excluding hydrogens is 551 g/mol. The van der Waals surface area contributed by atoms with Crippen molar-refractivity contribution >= 4 is 33.4 Å². The van der Waals surface area contributed by atoms with Gasteiger partial charge < -0.3 is 10.6 Å². The van der Waals surface area contributed by atoms with Gasteiger partial charge in [-0.15, -0.1) is 0 Å². The fourth-order valence-corrected chi connectivity index (χ4v) is 5.32. The topological polar surface area (TPSA) is 80.2 Å². The second-order valence-electron chi connectivity index (χ2n) is 9.30. The van der Waals surface area contributed by atoms with Crippen molar-refractivity contribution in [3.8, 4) is 16.8 Å². The highest BCUT2D eigenvalue weighted by atomic mass is 79.9. The summed E-state index contributed by atoms with van der Waals surface area (Å²) in [5.41, 5.74) is -0.221. The van der Waals surface area contributed by atoms with Gasteiger partial charge in [0.1, 0.15) is 5.69 Å². The molecule has 2 amide bonds. The smallest absolute Gasteiger partial charge is 0.348 e. The van der Waals surface area contributed by atoms with Crippen molar-refractivity contribution in [1.29, 1.82) is 0 Å². The number of anilines is 1. The number of hydrogen-bond acceptors (Lipinski definition) is 3. The van der Waals surface area contributed by atoms with Crippen molar-refractivity contribution in [3.63, 3.8) is 0 Å². The third-order valence-corrected chi connectivity index (χ3v) is 7.35. The van der Waals surface area contributed by atoms with Crippen LogP contribution in [0.4, 0.5) is 18.9 Å². The van der Waals surface area contributed by atoms with Crippen LogP contribution in [0.15, 0.2) is 57.8 Å². The standard InChI is InChI=1S/C27H23BrF3N3O3/c28-17-10-12-19(13-11-17)34-24(25(36)32-18-4-2-1-3-5-18)23-20(14-21(35)33-23)22(26(34)37)15-6-8-16(9-7-15)27(29,30)31/h6-13,18H,1-5,14H2,(H,32,36)(H,33,35). The van der Waals surface area contributed by atoms with Crippen LogP contribution in [0, 0.1) is 0 Å². The van der Waals surface area contributed by atoms with Gasteiger partial charge in [0.2, 0.25) is 5.91 Å². The molecule has 1 aliphatic heterocycles. The number of nitrogens with one attached hydrogen (secondary N) is 2. The maximum atomic E-state index is 14.0. The van der Waals surface area contributed by atoms with Gasteiger partial charge >= 0.3 is 6.18 Å². The largest absolute Gasteiger partial charge is 0.416 e. The van der Waals surface area contributed by atoms with Crippen LogP contribution >= 0.6 is 15.9 Å². The monoisotopic (exact) mass is 573 g/mol. The third kappa shape index (κ3) is 4.94. The van der Waals surface area contributed by atoms with Crippen LogP contribution in [0.1, 0.15) is 53.7 Å². The van der Waals surface area contributed by atoms with E-state index in [2.05, 4.69) is 26.6 Å². The molecule has 2 heterocycles. The molecule has 1 fully saturated rings. The molecule has 192 valence electrons. The van der Waals surface area contributed by atoms with Crippen molar-refractivity contribution < 1.29 is 22.8 Å². The Labute approximate surface area is 219 Å². The highest BCUT2D eigenvalue weighted by Crippen LogP contribution is 2.37. The summed E-state index contributed by atoms with van der Waals surface area (Å²) in [5, 5.41) is 5.76. The molecule has 6 nitrogen and oxygen atoms in total. The summed E-state index contributed by atoms with van der Waals surface area (Å²) in [4.78, 5) is 40.2. The minimum Gasteiger partial charge on any atom is -0.348 e. The van der Waals surface area contributed by atoms with Gasteiger partial charge in [-0.2, -0.15) is 13.2 Å². The molecule has 0 bridgehead atoms. The van der Waals surface area contributed by atoms with Crippen LogP contribution in [0.25, 0.3) is 16.8 Å². The zero-order valence-electron chi connectivity index (χ0n) is 19.6. The molecule has 0 saturated heterocycles. The quantitative estimate of drug-likeness (QED) is 0.411. The van der Waals surface area contributed by atoms with Crippen molar-refractivity contribution in [2.24, 2.45) is 0 Å². The van der Waals surface area contributed by atoms with Gasteiger partial charge in [0.15, 0.2) is 0 Å². The molecule has 2 aliphatic rings. The van der Waals surface area contributed by atoms with Crippen molar-refractivity contribution in [2.45, 2.75) is 50.7 Å². The van der Waals surface area contributed by atoms with Crippen LogP contribution in [-0.2, 0) is 17.4 Å². The number of rotatable bonds is 4. The van der Waals surface area contributed by atoms with Crippen LogP contribution in [-0.4, -0.2) is 22.4 Å². The van der Waals surface area contributed by atoms with Gasteiger partial charge in [-0.1, -0.05) is 47.3 Å². The van der Waals surface area contributed by atoms with Gasteiger partial charge in [-0.3, -0.25) is 19.0 Å². The summed E-state index contributed by atoms with van der Waals surface area (Å²) in [6, 6.07) is 10.9. The minimum atomic E-state index is -4.53. The number of aromatic nitrogens is 1. The number of pyridine rings is 1. The number of carbonyl (C=O) groups is 2. The van der Waals surface area contributed by atoms with E-state index < -0.39 is 29.1 Å². The average molecular weight is 574 g/mol. The molecule has 0 spiro atoms. The predicted octanol–water partition coefficient (Wildman–Crippen LogP) is 5.84. The van der Waals surface area contributed by atoms with E-state index >= 15 is 0 Å². The Bertz CT molecular complexity index is 1420. The summed E-state index contributed by atoms with van der Waals surface area (Å²) in [6.45, 7) is 0. The van der Waals surface area contributed by atoms with E-state index in [1.807, 2.05) is 0 Å². The molecule has 0 unspecified atom stereocenters. The van der Waals surface area contributed by atoms with Gasteiger partial charge in [0.25, 0.3) is 11.5 Å². The SMILES string of the molecule is O=C1Cc2c(c(C(=O)NC3CCCCC3)n(-c3ccc(Br)cc3)c(=O)c2-c2ccc(C(F)(F)F)cc2)N1. The Morgan fingerprint density at radius 3 is 2.24 bits per heavy atom. The molecule has 10 heteroatoms. The highest BCUT2D eigenvalue weighted by Gasteiger charge is 2.35. The first-order valence-electron chi connectivity index (χ1n) is 12.0. The summed E-state index contributed by atoms with van der Waals surface area (Å²) in [6.07, 6.45) is 0.0446. The normalized spacial score (nSPS) is 15.8. The van der Waals surface area contributed by atoms with E-state index in [0.717, 1.165) is 48.7 Å². The van der Waals surface area contributed by atoms with Crippen LogP contribution in [0.3, 0.4) is 0 Å². The Morgan fingerprint density at radius 2 is 1.62 bits per heavy atom. The molecule has 2 N–H and O–H groups in total. The van der Waals surface area contributed by atoms with Crippen LogP contribution < -0.4 is 16.2 Å². The number of fused-ring (bicyclic) bond motifs is 1.